The summed E-state index contributed by atoms with van der Waals surface area (Å²) < 4.78 is 5.39. The predicted octanol–water partition coefficient (Wildman–Crippen LogP) is 1.69. The second kappa shape index (κ2) is 5.32. The molecule has 88 valence electrons. The van der Waals surface area contributed by atoms with Gasteiger partial charge in [-0.05, 0) is 19.3 Å². The molecule has 1 aromatic heterocycles. The van der Waals surface area contributed by atoms with Crippen molar-refractivity contribution in [1.82, 2.24) is 9.97 Å². The van der Waals surface area contributed by atoms with Gasteiger partial charge in [0.2, 0.25) is 0 Å². The largest absolute Gasteiger partial charge is 0.382 e. The Hall–Kier alpha value is -1.07. The third-order valence-electron chi connectivity index (χ3n) is 2.61. The zero-order valence-electron chi connectivity index (χ0n) is 8.95. The summed E-state index contributed by atoms with van der Waals surface area (Å²) in [4.78, 5) is 7.91. The molecule has 6 heteroatoms. The van der Waals surface area contributed by atoms with Gasteiger partial charge < -0.3 is 15.8 Å². The van der Waals surface area contributed by atoms with Gasteiger partial charge in [-0.2, -0.15) is 0 Å². The first kappa shape index (κ1) is 11.4. The van der Waals surface area contributed by atoms with Crippen molar-refractivity contribution in [2.45, 2.75) is 25.3 Å². The van der Waals surface area contributed by atoms with Gasteiger partial charge in [0.25, 0.3) is 0 Å². The van der Waals surface area contributed by atoms with Crippen molar-refractivity contribution < 1.29 is 4.74 Å². The summed E-state index contributed by atoms with van der Waals surface area (Å²) >= 11 is 6.01. The average Bonchev–Trinajstić information content (AvgIpc) is 2.53. The minimum atomic E-state index is 0.309. The molecule has 0 aromatic carbocycles. The van der Waals surface area contributed by atoms with Gasteiger partial charge >= 0.3 is 0 Å². The highest BCUT2D eigenvalue weighted by molar-refractivity contribution is 6.35. The number of nitrogens with one attached hydrogen (secondary N) is 1. The zero-order chi connectivity index (χ0) is 11.4. The third-order valence-corrected chi connectivity index (χ3v) is 2.98. The van der Waals surface area contributed by atoms with Crippen LogP contribution in [0.15, 0.2) is 6.33 Å². The summed E-state index contributed by atoms with van der Waals surface area (Å²) in [5, 5.41) is 3.68. The van der Waals surface area contributed by atoms with Gasteiger partial charge in [0, 0.05) is 19.3 Å². The molecule has 0 aliphatic carbocycles. The van der Waals surface area contributed by atoms with Crippen LogP contribution in [0, 0.1) is 0 Å². The first-order valence-electron chi connectivity index (χ1n) is 5.37. The van der Waals surface area contributed by atoms with Gasteiger partial charge in [-0.25, -0.2) is 9.97 Å². The van der Waals surface area contributed by atoms with E-state index in [1.807, 2.05) is 0 Å². The number of nitrogen functional groups attached to an aromatic ring is 1. The monoisotopic (exact) mass is 242 g/mol. The fourth-order valence-electron chi connectivity index (χ4n) is 1.73. The van der Waals surface area contributed by atoms with E-state index in [0.29, 0.717) is 22.7 Å². The molecule has 0 spiro atoms. The molecular weight excluding hydrogens is 228 g/mol. The van der Waals surface area contributed by atoms with E-state index in [-0.39, 0.29) is 0 Å². The van der Waals surface area contributed by atoms with Crippen LogP contribution in [0.1, 0.15) is 19.3 Å². The van der Waals surface area contributed by atoms with Crippen LogP contribution in [0.5, 0.6) is 0 Å². The predicted molar refractivity (Wildman–Crippen MR) is 63.5 cm³/mol. The quantitative estimate of drug-likeness (QED) is 0.826. The lowest BCUT2D eigenvalue weighted by atomic mass is 10.1. The molecule has 1 aliphatic heterocycles. The van der Waals surface area contributed by atoms with Crippen molar-refractivity contribution in [3.05, 3.63) is 11.3 Å². The van der Waals surface area contributed by atoms with Crippen molar-refractivity contribution in [3.63, 3.8) is 0 Å². The molecule has 0 unspecified atom stereocenters. The molecule has 0 saturated carbocycles. The number of anilines is 2. The van der Waals surface area contributed by atoms with Crippen molar-refractivity contribution in [2.75, 3.05) is 24.3 Å². The SMILES string of the molecule is Nc1ncnc(N[C@@H]2CCCOCC2)c1Cl. The number of aromatic nitrogens is 2. The number of halogens is 1. The molecule has 1 saturated heterocycles. The Bertz CT molecular complexity index is 353. The van der Waals surface area contributed by atoms with E-state index >= 15 is 0 Å². The van der Waals surface area contributed by atoms with E-state index in [2.05, 4.69) is 15.3 Å². The van der Waals surface area contributed by atoms with Gasteiger partial charge in [-0.15, -0.1) is 0 Å². The number of rotatable bonds is 2. The summed E-state index contributed by atoms with van der Waals surface area (Å²) in [6, 6.07) is 0.342. The van der Waals surface area contributed by atoms with E-state index in [1.54, 1.807) is 0 Å². The third kappa shape index (κ3) is 2.74. The lowest BCUT2D eigenvalue weighted by Gasteiger charge is -2.17. The van der Waals surface area contributed by atoms with Crippen LogP contribution in [-0.4, -0.2) is 29.2 Å². The Balaban J connectivity index is 2.04. The maximum absolute atomic E-state index is 6.01. The number of hydrogen-bond donors (Lipinski definition) is 2. The van der Waals surface area contributed by atoms with Crippen LogP contribution in [0.2, 0.25) is 5.02 Å². The van der Waals surface area contributed by atoms with Crippen LogP contribution in [0.25, 0.3) is 0 Å². The van der Waals surface area contributed by atoms with Crippen molar-refractivity contribution >= 4 is 23.2 Å². The minimum absolute atomic E-state index is 0.309. The van der Waals surface area contributed by atoms with Crippen LogP contribution in [0.3, 0.4) is 0 Å². The van der Waals surface area contributed by atoms with E-state index in [0.717, 1.165) is 32.5 Å². The Kier molecular flexibility index (Phi) is 3.79. The number of hydrogen-bond acceptors (Lipinski definition) is 5. The maximum Gasteiger partial charge on any atom is 0.150 e. The van der Waals surface area contributed by atoms with Crippen LogP contribution in [-0.2, 0) is 4.74 Å². The summed E-state index contributed by atoms with van der Waals surface area (Å²) in [5.41, 5.74) is 5.61. The lowest BCUT2D eigenvalue weighted by molar-refractivity contribution is 0.144. The summed E-state index contributed by atoms with van der Waals surface area (Å²) in [6.45, 7) is 1.60. The van der Waals surface area contributed by atoms with Gasteiger partial charge in [0.15, 0.2) is 5.82 Å². The standard InChI is InChI=1S/C10H15ClN4O/c11-8-9(12)13-6-14-10(8)15-7-2-1-4-16-5-3-7/h6-7H,1-5H2,(H3,12,13,14,15)/t7-/m1/s1. The Morgan fingerprint density at radius 1 is 1.38 bits per heavy atom. The van der Waals surface area contributed by atoms with E-state index in [1.165, 1.54) is 6.33 Å². The highest BCUT2D eigenvalue weighted by Crippen LogP contribution is 2.25. The number of nitrogens with two attached hydrogens (primary N) is 1. The molecule has 0 amide bonds. The average molecular weight is 243 g/mol. The van der Waals surface area contributed by atoms with Crippen molar-refractivity contribution in [3.8, 4) is 0 Å². The van der Waals surface area contributed by atoms with Gasteiger partial charge in [0.05, 0.1) is 0 Å². The van der Waals surface area contributed by atoms with Gasteiger partial charge in [-0.1, -0.05) is 11.6 Å². The molecule has 0 radical (unpaired) electrons. The molecular formula is C10H15ClN4O. The Morgan fingerprint density at radius 3 is 3.12 bits per heavy atom. The topological polar surface area (TPSA) is 73.1 Å². The molecule has 2 rings (SSSR count). The van der Waals surface area contributed by atoms with Gasteiger partial charge in [0.1, 0.15) is 17.2 Å². The minimum Gasteiger partial charge on any atom is -0.382 e. The molecule has 1 aromatic rings. The second-order valence-electron chi connectivity index (χ2n) is 3.81. The first-order valence-corrected chi connectivity index (χ1v) is 5.75. The van der Waals surface area contributed by atoms with Crippen molar-refractivity contribution in [1.29, 1.82) is 0 Å². The second-order valence-corrected chi connectivity index (χ2v) is 4.18. The van der Waals surface area contributed by atoms with Gasteiger partial charge in [-0.3, -0.25) is 0 Å². The Morgan fingerprint density at radius 2 is 2.25 bits per heavy atom. The summed E-state index contributed by atoms with van der Waals surface area (Å²) in [6.07, 6.45) is 4.48. The Labute approximate surface area is 99.4 Å². The number of ether oxygens (including phenoxy) is 1. The first-order chi connectivity index (χ1) is 7.77. The van der Waals surface area contributed by atoms with Crippen LogP contribution >= 0.6 is 11.6 Å². The molecule has 0 bridgehead atoms. The molecule has 3 N–H and O–H groups in total. The van der Waals surface area contributed by atoms with Crippen molar-refractivity contribution in [2.24, 2.45) is 0 Å². The molecule has 5 nitrogen and oxygen atoms in total. The number of nitrogens with zero attached hydrogens (tertiary/aromatic N) is 2. The molecule has 16 heavy (non-hydrogen) atoms. The lowest BCUT2D eigenvalue weighted by Crippen LogP contribution is -2.20. The van der Waals surface area contributed by atoms with Crippen LogP contribution in [0.4, 0.5) is 11.6 Å². The molecule has 1 fully saturated rings. The van der Waals surface area contributed by atoms with Crippen LogP contribution < -0.4 is 11.1 Å². The maximum atomic E-state index is 6.01. The summed E-state index contributed by atoms with van der Waals surface area (Å²) in [5.74, 6) is 0.921. The molecule has 1 atom stereocenters. The normalized spacial score (nSPS) is 21.4. The fraction of sp³-hybridized carbons (Fsp3) is 0.600. The smallest absolute Gasteiger partial charge is 0.150 e. The van der Waals surface area contributed by atoms with E-state index in [4.69, 9.17) is 22.1 Å². The molecule has 1 aliphatic rings. The van der Waals surface area contributed by atoms with E-state index in [9.17, 15) is 0 Å². The van der Waals surface area contributed by atoms with E-state index < -0.39 is 0 Å². The summed E-state index contributed by atoms with van der Waals surface area (Å²) in [7, 11) is 0. The highest BCUT2D eigenvalue weighted by atomic mass is 35.5. The fourth-order valence-corrected chi connectivity index (χ4v) is 1.88. The molecule has 2 heterocycles. The highest BCUT2D eigenvalue weighted by Gasteiger charge is 2.15. The zero-order valence-corrected chi connectivity index (χ0v) is 9.70.